The van der Waals surface area contributed by atoms with Crippen LogP contribution in [0.15, 0.2) is 48.5 Å². The van der Waals surface area contributed by atoms with Crippen molar-refractivity contribution in [2.24, 2.45) is 0 Å². The van der Waals surface area contributed by atoms with E-state index >= 15 is 0 Å². The van der Waals surface area contributed by atoms with Crippen LogP contribution in [0, 0.1) is 0 Å². The van der Waals surface area contributed by atoms with E-state index in [1.165, 1.54) is 22.3 Å². The second-order valence-electron chi connectivity index (χ2n) is 7.37. The Bertz CT molecular complexity index is 763. The van der Waals surface area contributed by atoms with Crippen molar-refractivity contribution in [1.82, 2.24) is 4.90 Å². The first kappa shape index (κ1) is 17.1. The van der Waals surface area contributed by atoms with Gasteiger partial charge in [-0.25, -0.2) is 4.79 Å². The molecule has 136 valence electrons. The van der Waals surface area contributed by atoms with Crippen molar-refractivity contribution in [1.29, 1.82) is 0 Å². The molecule has 1 N–H and O–H groups in total. The number of nitrogens with zero attached hydrogens (tertiary/aromatic N) is 1. The van der Waals surface area contributed by atoms with Gasteiger partial charge in [0.05, 0.1) is 5.60 Å². The SMILES string of the molecule is CCC1(O)CCN(C(=O)OCC2c3ccccc3-c3ccccc32)CC1. The van der Waals surface area contributed by atoms with Gasteiger partial charge in [-0.2, -0.15) is 0 Å². The van der Waals surface area contributed by atoms with E-state index in [4.69, 9.17) is 4.74 Å². The number of benzene rings is 2. The lowest BCUT2D eigenvalue weighted by atomic mass is 9.89. The number of aliphatic hydroxyl groups is 1. The predicted octanol–water partition coefficient (Wildman–Crippen LogP) is 4.17. The summed E-state index contributed by atoms with van der Waals surface area (Å²) in [4.78, 5) is 14.2. The first-order valence-corrected chi connectivity index (χ1v) is 9.43. The molecule has 4 heteroatoms. The van der Waals surface area contributed by atoms with E-state index in [2.05, 4.69) is 24.3 Å². The standard InChI is InChI=1S/C22H25NO3/c1-2-22(25)11-13-23(14-12-22)21(24)26-15-20-18-9-5-3-7-16(18)17-8-4-6-10-19(17)20/h3-10,20,25H,2,11-15H2,1H3. The van der Waals surface area contributed by atoms with E-state index in [0.29, 0.717) is 32.5 Å². The summed E-state index contributed by atoms with van der Waals surface area (Å²) in [5, 5.41) is 10.3. The number of likely N-dealkylation sites (tertiary alicyclic amines) is 1. The molecule has 0 spiro atoms. The average molecular weight is 351 g/mol. The highest BCUT2D eigenvalue weighted by Crippen LogP contribution is 2.44. The van der Waals surface area contributed by atoms with Gasteiger partial charge in [0.25, 0.3) is 0 Å². The molecule has 0 unspecified atom stereocenters. The van der Waals surface area contributed by atoms with Crippen molar-refractivity contribution in [3.05, 3.63) is 59.7 Å². The summed E-state index contributed by atoms with van der Waals surface area (Å²) in [5.74, 6) is 0.0868. The van der Waals surface area contributed by atoms with Gasteiger partial charge in [0.2, 0.25) is 0 Å². The Balaban J connectivity index is 1.45. The molecule has 0 bridgehead atoms. The van der Waals surface area contributed by atoms with Crippen LogP contribution >= 0.6 is 0 Å². The van der Waals surface area contributed by atoms with Crippen LogP contribution in [-0.2, 0) is 4.74 Å². The van der Waals surface area contributed by atoms with Gasteiger partial charge in [-0.05, 0) is 41.5 Å². The second kappa shape index (κ2) is 6.76. The van der Waals surface area contributed by atoms with Gasteiger partial charge in [0, 0.05) is 19.0 Å². The Kier molecular flexibility index (Phi) is 4.45. The van der Waals surface area contributed by atoms with E-state index < -0.39 is 5.60 Å². The van der Waals surface area contributed by atoms with Crippen LogP contribution in [0.3, 0.4) is 0 Å². The molecule has 0 aromatic heterocycles. The summed E-state index contributed by atoms with van der Waals surface area (Å²) >= 11 is 0. The van der Waals surface area contributed by atoms with Crippen molar-refractivity contribution in [3.8, 4) is 11.1 Å². The molecule has 2 aromatic rings. The van der Waals surface area contributed by atoms with Crippen LogP contribution in [0.1, 0.15) is 43.2 Å². The van der Waals surface area contributed by atoms with Crippen molar-refractivity contribution >= 4 is 6.09 Å². The van der Waals surface area contributed by atoms with Gasteiger partial charge in [-0.3, -0.25) is 0 Å². The lowest BCUT2D eigenvalue weighted by molar-refractivity contribution is -0.0231. The fraction of sp³-hybridized carbons (Fsp3) is 0.409. The number of fused-ring (bicyclic) bond motifs is 3. The van der Waals surface area contributed by atoms with Crippen LogP contribution in [0.2, 0.25) is 0 Å². The topological polar surface area (TPSA) is 49.8 Å². The van der Waals surface area contributed by atoms with Gasteiger partial charge in [-0.15, -0.1) is 0 Å². The molecule has 0 radical (unpaired) electrons. The zero-order chi connectivity index (χ0) is 18.1. The molecule has 0 saturated carbocycles. The maximum atomic E-state index is 12.5. The fourth-order valence-electron chi connectivity index (χ4n) is 4.14. The highest BCUT2D eigenvalue weighted by Gasteiger charge is 2.34. The smallest absolute Gasteiger partial charge is 0.409 e. The molecule has 1 heterocycles. The van der Waals surface area contributed by atoms with E-state index in [-0.39, 0.29) is 12.0 Å². The molecule has 1 aliphatic heterocycles. The second-order valence-corrected chi connectivity index (χ2v) is 7.37. The number of amides is 1. The lowest BCUT2D eigenvalue weighted by Crippen LogP contribution is -2.46. The summed E-state index contributed by atoms with van der Waals surface area (Å²) in [6.07, 6.45) is 1.69. The number of hydrogen-bond donors (Lipinski definition) is 1. The third-order valence-electron chi connectivity index (χ3n) is 5.95. The molecular formula is C22H25NO3. The fourth-order valence-corrected chi connectivity index (χ4v) is 4.14. The molecule has 1 saturated heterocycles. The summed E-state index contributed by atoms with van der Waals surface area (Å²) in [5.41, 5.74) is 4.28. The van der Waals surface area contributed by atoms with E-state index in [1.54, 1.807) is 4.90 Å². The normalized spacial score (nSPS) is 18.3. The maximum absolute atomic E-state index is 12.5. The minimum absolute atomic E-state index is 0.0868. The van der Waals surface area contributed by atoms with Gasteiger partial charge in [-0.1, -0.05) is 55.5 Å². The molecule has 4 nitrogen and oxygen atoms in total. The van der Waals surface area contributed by atoms with Crippen LogP contribution in [0.25, 0.3) is 11.1 Å². The minimum atomic E-state index is -0.625. The molecule has 4 rings (SSSR count). The van der Waals surface area contributed by atoms with Crippen LogP contribution in [0.4, 0.5) is 4.79 Å². The molecule has 2 aliphatic rings. The Hall–Kier alpha value is -2.33. The highest BCUT2D eigenvalue weighted by atomic mass is 16.6. The molecule has 26 heavy (non-hydrogen) atoms. The van der Waals surface area contributed by atoms with E-state index in [0.717, 1.165) is 6.42 Å². The quantitative estimate of drug-likeness (QED) is 0.903. The predicted molar refractivity (Wildman–Crippen MR) is 101 cm³/mol. The zero-order valence-electron chi connectivity index (χ0n) is 15.1. The van der Waals surface area contributed by atoms with Crippen molar-refractivity contribution in [3.63, 3.8) is 0 Å². The highest BCUT2D eigenvalue weighted by molar-refractivity contribution is 5.79. The summed E-state index contributed by atoms with van der Waals surface area (Å²) in [6, 6.07) is 16.7. The number of ether oxygens (including phenoxy) is 1. The number of rotatable bonds is 3. The van der Waals surface area contributed by atoms with Gasteiger partial charge in [0.1, 0.15) is 6.61 Å². The molecule has 2 aromatic carbocycles. The van der Waals surface area contributed by atoms with Gasteiger partial charge < -0.3 is 14.7 Å². The van der Waals surface area contributed by atoms with Crippen LogP contribution < -0.4 is 0 Å². The number of hydrogen-bond acceptors (Lipinski definition) is 3. The largest absolute Gasteiger partial charge is 0.448 e. The lowest BCUT2D eigenvalue weighted by Gasteiger charge is -2.37. The number of piperidine rings is 1. The Labute approximate surface area is 154 Å². The Morgan fingerprint density at radius 1 is 1.08 bits per heavy atom. The molecular weight excluding hydrogens is 326 g/mol. The summed E-state index contributed by atoms with van der Waals surface area (Å²) in [7, 11) is 0. The monoisotopic (exact) mass is 351 g/mol. The first-order valence-electron chi connectivity index (χ1n) is 9.43. The minimum Gasteiger partial charge on any atom is -0.448 e. The molecule has 0 atom stereocenters. The summed E-state index contributed by atoms with van der Waals surface area (Å²) < 4.78 is 5.69. The molecule has 1 amide bonds. The van der Waals surface area contributed by atoms with Gasteiger partial charge in [0.15, 0.2) is 0 Å². The summed E-state index contributed by atoms with van der Waals surface area (Å²) in [6.45, 7) is 3.45. The van der Waals surface area contributed by atoms with Crippen LogP contribution in [0.5, 0.6) is 0 Å². The third-order valence-corrected chi connectivity index (χ3v) is 5.95. The Morgan fingerprint density at radius 2 is 1.62 bits per heavy atom. The number of carbonyl (C=O) groups excluding carboxylic acids is 1. The van der Waals surface area contributed by atoms with E-state index in [1.807, 2.05) is 31.2 Å². The molecule has 1 fully saturated rings. The van der Waals surface area contributed by atoms with Crippen molar-refractivity contribution in [2.75, 3.05) is 19.7 Å². The van der Waals surface area contributed by atoms with Gasteiger partial charge >= 0.3 is 6.09 Å². The average Bonchev–Trinajstić information content (AvgIpc) is 3.01. The zero-order valence-corrected chi connectivity index (χ0v) is 15.1. The number of carbonyl (C=O) groups is 1. The van der Waals surface area contributed by atoms with E-state index in [9.17, 15) is 9.90 Å². The Morgan fingerprint density at radius 3 is 2.15 bits per heavy atom. The van der Waals surface area contributed by atoms with Crippen LogP contribution in [-0.4, -0.2) is 41.4 Å². The van der Waals surface area contributed by atoms with Crippen molar-refractivity contribution < 1.29 is 14.6 Å². The maximum Gasteiger partial charge on any atom is 0.409 e. The molecule has 1 aliphatic carbocycles. The first-order chi connectivity index (χ1) is 12.6. The third kappa shape index (κ3) is 2.99. The van der Waals surface area contributed by atoms with Crippen molar-refractivity contribution in [2.45, 2.75) is 37.7 Å².